The van der Waals surface area contributed by atoms with Crippen molar-refractivity contribution >= 4 is 33.0 Å². The summed E-state index contributed by atoms with van der Waals surface area (Å²) in [6.07, 6.45) is 1.68. The molecule has 0 aliphatic heterocycles. The van der Waals surface area contributed by atoms with E-state index in [9.17, 15) is 28.2 Å². The number of aliphatic hydroxyl groups excluding tert-OH is 1. The first kappa shape index (κ1) is 16.5. The van der Waals surface area contributed by atoms with Crippen LogP contribution in [0.15, 0.2) is 28.4 Å². The topological polar surface area (TPSA) is 109 Å². The zero-order valence-corrected chi connectivity index (χ0v) is 13.2. The average Bonchev–Trinajstić information content (AvgIpc) is 2.40. The van der Waals surface area contributed by atoms with Crippen molar-refractivity contribution < 1.29 is 28.2 Å². The summed E-state index contributed by atoms with van der Waals surface area (Å²) < 4.78 is 23.0. The molecule has 1 aromatic carbocycles. The second-order valence-corrected chi connectivity index (χ2v) is 7.34. The number of hydrogen-bond donors (Lipinski definition) is 2. The molecular weight excluding hydrogens is 332 g/mol. The third-order valence-corrected chi connectivity index (χ3v) is 4.85. The molecule has 0 bridgehead atoms. The number of phenols is 1. The van der Waals surface area contributed by atoms with Gasteiger partial charge in [-0.15, -0.1) is 0 Å². The molecule has 0 amide bonds. The van der Waals surface area contributed by atoms with Crippen LogP contribution in [0.5, 0.6) is 5.75 Å². The third kappa shape index (κ3) is 2.86. The molecule has 0 aromatic heterocycles. The number of Topliss-reactive ketones (excluding diaryl/α,β-unsaturated/α-hetero) is 2. The van der Waals surface area contributed by atoms with Crippen LogP contribution in [-0.4, -0.2) is 36.5 Å². The Morgan fingerprint density at radius 3 is 2.41 bits per heavy atom. The number of rotatable bonds is 3. The van der Waals surface area contributed by atoms with Crippen LogP contribution in [0.25, 0.3) is 0 Å². The Morgan fingerprint density at radius 1 is 1.23 bits per heavy atom. The molecule has 8 heteroatoms. The Kier molecular flexibility index (Phi) is 4.30. The van der Waals surface area contributed by atoms with Crippen molar-refractivity contribution in [3.8, 4) is 5.75 Å². The number of aromatic hydroxyl groups is 1. The van der Waals surface area contributed by atoms with Crippen molar-refractivity contribution in [3.05, 3.63) is 34.1 Å². The lowest BCUT2D eigenvalue weighted by atomic mass is 9.90. The molecule has 2 rings (SSSR count). The highest BCUT2D eigenvalue weighted by Gasteiger charge is 2.30. The van der Waals surface area contributed by atoms with Gasteiger partial charge in [0.15, 0.2) is 21.4 Å². The number of phenolic OH excluding ortho intramolecular Hbond substituents is 1. The van der Waals surface area contributed by atoms with Crippen LogP contribution < -0.4 is 0 Å². The predicted octanol–water partition coefficient (Wildman–Crippen LogP) is 2.20. The number of sulfone groups is 1. The molecule has 0 fully saturated rings. The Labute approximate surface area is 131 Å². The molecule has 0 saturated heterocycles. The fourth-order valence-corrected chi connectivity index (χ4v) is 3.32. The smallest absolute Gasteiger partial charge is 0.201 e. The molecule has 22 heavy (non-hydrogen) atoms. The van der Waals surface area contributed by atoms with Gasteiger partial charge < -0.3 is 10.2 Å². The molecule has 0 heterocycles. The van der Waals surface area contributed by atoms with Crippen LogP contribution in [0.4, 0.5) is 0 Å². The molecule has 1 aromatic rings. The van der Waals surface area contributed by atoms with Crippen LogP contribution >= 0.6 is 11.6 Å². The second kappa shape index (κ2) is 5.73. The summed E-state index contributed by atoms with van der Waals surface area (Å²) >= 11 is 5.86. The molecule has 6 nitrogen and oxygen atoms in total. The lowest BCUT2D eigenvalue weighted by Crippen LogP contribution is -2.20. The Balaban J connectivity index is 2.57. The summed E-state index contributed by atoms with van der Waals surface area (Å²) in [7, 11) is -3.72. The van der Waals surface area contributed by atoms with Gasteiger partial charge in [0.05, 0.1) is 5.02 Å². The van der Waals surface area contributed by atoms with Crippen LogP contribution in [0.3, 0.4) is 0 Å². The number of benzene rings is 1. The van der Waals surface area contributed by atoms with Crippen LogP contribution in [0.1, 0.15) is 29.6 Å². The van der Waals surface area contributed by atoms with E-state index < -0.39 is 37.1 Å². The van der Waals surface area contributed by atoms with Gasteiger partial charge >= 0.3 is 0 Å². The zero-order valence-electron chi connectivity index (χ0n) is 11.6. The molecule has 0 radical (unpaired) electrons. The van der Waals surface area contributed by atoms with Gasteiger partial charge in [-0.25, -0.2) is 8.42 Å². The minimum absolute atomic E-state index is 0.135. The quantitative estimate of drug-likeness (QED) is 0.642. The van der Waals surface area contributed by atoms with Crippen molar-refractivity contribution in [2.75, 3.05) is 6.26 Å². The van der Waals surface area contributed by atoms with Crippen molar-refractivity contribution in [1.29, 1.82) is 0 Å². The summed E-state index contributed by atoms with van der Waals surface area (Å²) in [5.74, 6) is -2.40. The number of allylic oxidation sites excluding steroid dienone is 2. The normalized spacial score (nSPS) is 16.0. The number of ketones is 2. The number of carbonyl (C=O) groups is 2. The second-order valence-electron chi connectivity index (χ2n) is 4.97. The largest absolute Gasteiger partial charge is 0.511 e. The minimum Gasteiger partial charge on any atom is -0.511 e. The maximum atomic E-state index is 12.4. The van der Waals surface area contributed by atoms with E-state index in [2.05, 4.69) is 0 Å². The molecule has 0 unspecified atom stereocenters. The molecule has 0 saturated carbocycles. The van der Waals surface area contributed by atoms with E-state index in [1.807, 2.05) is 0 Å². The van der Waals surface area contributed by atoms with Crippen molar-refractivity contribution in [2.24, 2.45) is 0 Å². The zero-order chi connectivity index (χ0) is 16.7. The van der Waals surface area contributed by atoms with Gasteiger partial charge in [0.2, 0.25) is 5.78 Å². The highest BCUT2D eigenvalue weighted by atomic mass is 35.5. The molecule has 1 aliphatic rings. The predicted molar refractivity (Wildman–Crippen MR) is 79.1 cm³/mol. The van der Waals surface area contributed by atoms with E-state index in [-0.39, 0.29) is 29.7 Å². The van der Waals surface area contributed by atoms with E-state index in [4.69, 9.17) is 11.6 Å². The van der Waals surface area contributed by atoms with Gasteiger partial charge in [-0.2, -0.15) is 0 Å². The molecule has 0 spiro atoms. The first-order valence-corrected chi connectivity index (χ1v) is 8.63. The standard InChI is InChI=1S/C14H13ClO6S/c1-22(20,21)10-6-5-7(12(15)14(10)19)13(18)11-8(16)3-2-4-9(11)17/h5-6,16,19H,2-4H2,1H3. The average molecular weight is 345 g/mol. The first-order valence-electron chi connectivity index (χ1n) is 6.36. The fourth-order valence-electron chi connectivity index (χ4n) is 2.24. The van der Waals surface area contributed by atoms with E-state index in [1.54, 1.807) is 0 Å². The summed E-state index contributed by atoms with van der Waals surface area (Å²) in [5, 5.41) is 19.2. The summed E-state index contributed by atoms with van der Waals surface area (Å²) in [6, 6.07) is 2.15. The minimum atomic E-state index is -3.72. The van der Waals surface area contributed by atoms with E-state index in [0.29, 0.717) is 6.42 Å². The molecule has 2 N–H and O–H groups in total. The highest BCUT2D eigenvalue weighted by molar-refractivity contribution is 7.90. The number of halogens is 1. The number of carbonyl (C=O) groups excluding carboxylic acids is 2. The van der Waals surface area contributed by atoms with Gasteiger partial charge in [-0.1, -0.05) is 11.6 Å². The van der Waals surface area contributed by atoms with Crippen molar-refractivity contribution in [3.63, 3.8) is 0 Å². The lowest BCUT2D eigenvalue weighted by molar-refractivity contribution is -0.116. The van der Waals surface area contributed by atoms with Gasteiger partial charge in [-0.3, -0.25) is 9.59 Å². The fraction of sp³-hybridized carbons (Fsp3) is 0.286. The lowest BCUT2D eigenvalue weighted by Gasteiger charge is -2.15. The van der Waals surface area contributed by atoms with Gasteiger partial charge in [0, 0.05) is 24.7 Å². The summed E-state index contributed by atoms with van der Waals surface area (Å²) in [4.78, 5) is 23.8. The van der Waals surface area contributed by atoms with Crippen molar-refractivity contribution in [2.45, 2.75) is 24.2 Å². The van der Waals surface area contributed by atoms with E-state index >= 15 is 0 Å². The Bertz CT molecular complexity index is 807. The summed E-state index contributed by atoms with van der Waals surface area (Å²) in [5.41, 5.74) is -0.594. The number of aliphatic hydroxyl groups is 1. The van der Waals surface area contributed by atoms with E-state index in [0.717, 1.165) is 18.4 Å². The highest BCUT2D eigenvalue weighted by Crippen LogP contribution is 2.36. The third-order valence-electron chi connectivity index (χ3n) is 3.34. The molecule has 1 aliphatic carbocycles. The monoisotopic (exact) mass is 344 g/mol. The maximum absolute atomic E-state index is 12.4. The molecule has 118 valence electrons. The molecular formula is C14H13ClO6S. The summed E-state index contributed by atoms with van der Waals surface area (Å²) in [6.45, 7) is 0. The SMILES string of the molecule is CS(=O)(=O)c1ccc(C(=O)C2=C(O)CCCC2=O)c(Cl)c1O. The van der Waals surface area contributed by atoms with Gasteiger partial charge in [-0.05, 0) is 18.6 Å². The molecule has 0 atom stereocenters. The maximum Gasteiger partial charge on any atom is 0.201 e. The van der Waals surface area contributed by atoms with Gasteiger partial charge in [0.25, 0.3) is 0 Å². The van der Waals surface area contributed by atoms with Crippen LogP contribution in [0.2, 0.25) is 5.02 Å². The Hall–Kier alpha value is -1.86. The van der Waals surface area contributed by atoms with E-state index in [1.165, 1.54) is 0 Å². The number of hydrogen-bond acceptors (Lipinski definition) is 6. The Morgan fingerprint density at radius 2 is 1.86 bits per heavy atom. The first-order chi connectivity index (χ1) is 10.1. The van der Waals surface area contributed by atoms with Crippen LogP contribution in [-0.2, 0) is 14.6 Å². The van der Waals surface area contributed by atoms with Crippen LogP contribution in [0, 0.1) is 0 Å². The van der Waals surface area contributed by atoms with Crippen molar-refractivity contribution in [1.82, 2.24) is 0 Å². The van der Waals surface area contributed by atoms with Gasteiger partial charge in [0.1, 0.15) is 16.2 Å².